The van der Waals surface area contributed by atoms with Gasteiger partial charge in [-0.1, -0.05) is 30.7 Å². The highest BCUT2D eigenvalue weighted by molar-refractivity contribution is 6.09. The number of aromatic nitrogens is 6. The van der Waals surface area contributed by atoms with Crippen LogP contribution in [0.3, 0.4) is 0 Å². The molecule has 13 nitrogen and oxygen atoms in total. The van der Waals surface area contributed by atoms with Crippen LogP contribution in [0, 0.1) is 0 Å². The van der Waals surface area contributed by atoms with Crippen molar-refractivity contribution in [1.29, 1.82) is 0 Å². The number of piperidine rings is 1. The molecule has 3 unspecified atom stereocenters. The van der Waals surface area contributed by atoms with E-state index in [-0.39, 0.29) is 30.3 Å². The van der Waals surface area contributed by atoms with Gasteiger partial charge >= 0.3 is 0 Å². The Morgan fingerprint density at radius 3 is 2.56 bits per heavy atom. The maximum Gasteiger partial charge on any atom is 0.226 e. The van der Waals surface area contributed by atoms with Crippen LogP contribution in [0.1, 0.15) is 56.2 Å². The largest absolute Gasteiger partial charge is 0.507 e. The number of carbonyl (C=O) groups is 2. The molecule has 2 aromatic carbocycles. The molecular formula is C42H44N10O3. The highest BCUT2D eigenvalue weighted by Gasteiger charge is 2.42. The molecule has 3 aliphatic rings. The van der Waals surface area contributed by atoms with E-state index >= 15 is 0 Å². The summed E-state index contributed by atoms with van der Waals surface area (Å²) in [4.78, 5) is 44.0. The Balaban J connectivity index is 0.855. The molecule has 0 spiro atoms. The summed E-state index contributed by atoms with van der Waals surface area (Å²) < 4.78 is 2.06. The zero-order valence-corrected chi connectivity index (χ0v) is 30.6. The quantitative estimate of drug-likeness (QED) is 0.116. The van der Waals surface area contributed by atoms with E-state index in [4.69, 9.17) is 20.7 Å². The topological polar surface area (TPSA) is 168 Å². The molecule has 0 radical (unpaired) electrons. The Kier molecular flexibility index (Phi) is 8.99. The number of aryl methyl sites for hydroxylation is 2. The van der Waals surface area contributed by atoms with Crippen LogP contribution in [-0.4, -0.2) is 78.7 Å². The number of hydrogen-bond donors (Lipinski definition) is 3. The number of aromatic hydroxyl groups is 1. The van der Waals surface area contributed by atoms with Crippen molar-refractivity contribution >= 4 is 51.6 Å². The predicted octanol–water partition coefficient (Wildman–Crippen LogP) is 5.34. The van der Waals surface area contributed by atoms with Crippen molar-refractivity contribution < 1.29 is 14.7 Å². The van der Waals surface area contributed by atoms with E-state index in [9.17, 15) is 14.7 Å². The van der Waals surface area contributed by atoms with E-state index in [2.05, 4.69) is 54.1 Å². The van der Waals surface area contributed by atoms with Gasteiger partial charge in [-0.25, -0.2) is 15.0 Å². The van der Waals surface area contributed by atoms with Crippen LogP contribution in [0.25, 0.3) is 33.2 Å². The van der Waals surface area contributed by atoms with Crippen molar-refractivity contribution in [2.24, 2.45) is 0 Å². The average molecular weight is 737 g/mol. The van der Waals surface area contributed by atoms with Gasteiger partial charge in [-0.2, -0.15) is 0 Å². The molecule has 6 aromatic rings. The van der Waals surface area contributed by atoms with Crippen molar-refractivity contribution in [2.75, 3.05) is 35.2 Å². The Morgan fingerprint density at radius 1 is 0.927 bits per heavy atom. The molecule has 55 heavy (non-hydrogen) atoms. The lowest BCUT2D eigenvalue weighted by Crippen LogP contribution is -2.54. The van der Waals surface area contributed by atoms with Gasteiger partial charge in [0, 0.05) is 72.6 Å². The highest BCUT2D eigenvalue weighted by atomic mass is 16.3. The number of unbranched alkanes of at least 4 members (excludes halogenated alkanes) is 2. The number of piperazine rings is 1. The molecule has 3 fully saturated rings. The number of carbonyl (C=O) groups excluding carboxylic acids is 2. The number of phenols is 1. The molecule has 0 aliphatic carbocycles. The summed E-state index contributed by atoms with van der Waals surface area (Å²) >= 11 is 0. The van der Waals surface area contributed by atoms with Gasteiger partial charge in [-0.15, -0.1) is 10.2 Å². The Bertz CT molecular complexity index is 2390. The molecule has 3 atom stereocenters. The van der Waals surface area contributed by atoms with Crippen molar-refractivity contribution in [3.05, 3.63) is 90.4 Å². The van der Waals surface area contributed by atoms with Gasteiger partial charge in [0.05, 0.1) is 16.9 Å². The third-order valence-electron chi connectivity index (χ3n) is 11.8. The van der Waals surface area contributed by atoms with E-state index < -0.39 is 5.54 Å². The predicted molar refractivity (Wildman–Crippen MR) is 212 cm³/mol. The van der Waals surface area contributed by atoms with Crippen LogP contribution in [0.2, 0.25) is 0 Å². The molecule has 280 valence electrons. The number of anilines is 3. The van der Waals surface area contributed by atoms with Gasteiger partial charge in [0.1, 0.15) is 23.2 Å². The number of rotatable bonds is 11. The number of nitrogens with zero attached hydrogens (tertiary/aromatic N) is 8. The first-order chi connectivity index (χ1) is 26.9. The fourth-order valence-electron chi connectivity index (χ4n) is 9.07. The molecule has 9 rings (SSSR count). The van der Waals surface area contributed by atoms with Crippen molar-refractivity contribution in [3.63, 3.8) is 0 Å². The normalized spacial score (nSPS) is 21.0. The minimum absolute atomic E-state index is 0.0254. The van der Waals surface area contributed by atoms with Crippen LogP contribution in [0.15, 0.2) is 79.1 Å². The van der Waals surface area contributed by atoms with Gasteiger partial charge in [0.2, 0.25) is 11.9 Å². The SMILES string of the molecule is Nc1nnc(-c2ccccc2O)cc1N1CC2CCC(C1)N2c1nccc(CCCCCc2cccc3c2c2cccnc2n3C2(C=O)CCC(=O)NC2)n1. The number of aldehydes is 1. The van der Waals surface area contributed by atoms with Crippen LogP contribution in [-0.2, 0) is 28.0 Å². The minimum atomic E-state index is -0.867. The first-order valence-electron chi connectivity index (χ1n) is 19.3. The molecule has 1 amide bonds. The monoisotopic (exact) mass is 736 g/mol. The fraction of sp³-hybridized carbons (Fsp3) is 0.357. The summed E-state index contributed by atoms with van der Waals surface area (Å²) in [6.45, 7) is 1.81. The number of amides is 1. The van der Waals surface area contributed by atoms with Crippen molar-refractivity contribution in [1.82, 2.24) is 35.0 Å². The van der Waals surface area contributed by atoms with Crippen LogP contribution in [0.5, 0.6) is 5.75 Å². The van der Waals surface area contributed by atoms with Gasteiger partial charge in [-0.05, 0) is 93.0 Å². The van der Waals surface area contributed by atoms with Gasteiger partial charge in [0.15, 0.2) is 5.82 Å². The minimum Gasteiger partial charge on any atom is -0.507 e. The Hall–Kier alpha value is -6.11. The van der Waals surface area contributed by atoms with E-state index in [1.807, 2.05) is 36.5 Å². The lowest BCUT2D eigenvalue weighted by Gasteiger charge is -2.42. The lowest BCUT2D eigenvalue weighted by atomic mass is 9.90. The molecule has 13 heteroatoms. The fourth-order valence-corrected chi connectivity index (χ4v) is 9.07. The molecule has 2 bridgehead atoms. The van der Waals surface area contributed by atoms with E-state index in [1.54, 1.807) is 18.3 Å². The van der Waals surface area contributed by atoms with E-state index in [1.165, 1.54) is 5.56 Å². The van der Waals surface area contributed by atoms with Gasteiger partial charge < -0.3 is 35.3 Å². The number of phenolic OH excluding ortho intramolecular Hbond substituents is 1. The first-order valence-corrected chi connectivity index (χ1v) is 19.3. The highest BCUT2D eigenvalue weighted by Crippen LogP contribution is 2.39. The number of benzene rings is 2. The molecular weight excluding hydrogens is 693 g/mol. The number of fused-ring (bicyclic) bond motifs is 5. The summed E-state index contributed by atoms with van der Waals surface area (Å²) in [5.41, 5.74) is 11.6. The maximum atomic E-state index is 12.7. The molecule has 3 saturated heterocycles. The maximum absolute atomic E-state index is 12.7. The van der Waals surface area contributed by atoms with Crippen molar-refractivity contribution in [3.8, 4) is 17.0 Å². The number of pyridine rings is 1. The van der Waals surface area contributed by atoms with Gasteiger partial charge in [-0.3, -0.25) is 4.79 Å². The smallest absolute Gasteiger partial charge is 0.226 e. The molecule has 4 aromatic heterocycles. The number of nitrogens with one attached hydrogen (secondary N) is 1. The summed E-state index contributed by atoms with van der Waals surface area (Å²) in [5, 5.41) is 24.0. The summed E-state index contributed by atoms with van der Waals surface area (Å²) in [7, 11) is 0. The number of para-hydroxylation sites is 1. The standard InChI is InChI=1S/C42H44N10O3/c43-39-35(22-33(48-49-39)31-11-4-5-14-36(31)54)50-23-29-15-16-30(24-50)51(29)41-45-21-18-28(47-41)10-3-1-2-8-27-9-6-13-34-38(27)32-12-7-20-44-40(32)52(34)42(26-53)19-17-37(55)46-25-42/h4-7,9,11-14,18,20-22,26,29-30,54H,1-3,8,10,15-17,19,23-25H2,(H2,43,49)(H,46,55). The summed E-state index contributed by atoms with van der Waals surface area (Å²) in [5.74, 6) is 1.31. The third-order valence-corrected chi connectivity index (χ3v) is 11.8. The van der Waals surface area contributed by atoms with E-state index in [0.29, 0.717) is 29.9 Å². The van der Waals surface area contributed by atoms with Gasteiger partial charge in [0.25, 0.3) is 0 Å². The Labute approximate surface area is 318 Å². The number of nitrogens with two attached hydrogens (primary N) is 1. The molecule has 3 aliphatic heterocycles. The van der Waals surface area contributed by atoms with Crippen LogP contribution in [0.4, 0.5) is 17.5 Å². The average Bonchev–Trinajstić information content (AvgIpc) is 3.70. The number of nitrogen functional groups attached to an aromatic ring is 1. The van der Waals surface area contributed by atoms with Crippen LogP contribution >= 0.6 is 0 Å². The molecule has 0 saturated carbocycles. The zero-order valence-electron chi connectivity index (χ0n) is 30.6. The van der Waals surface area contributed by atoms with Crippen LogP contribution < -0.4 is 20.9 Å². The third kappa shape index (κ3) is 6.26. The molecule has 4 N–H and O–H groups in total. The van der Waals surface area contributed by atoms with E-state index in [0.717, 1.165) is 104 Å². The first kappa shape index (κ1) is 34.6. The second-order valence-electron chi connectivity index (χ2n) is 15.1. The molecule has 7 heterocycles. The Morgan fingerprint density at radius 2 is 1.76 bits per heavy atom. The summed E-state index contributed by atoms with van der Waals surface area (Å²) in [6, 6.07) is 22.0. The summed E-state index contributed by atoms with van der Waals surface area (Å²) in [6.07, 6.45) is 12.4. The second-order valence-corrected chi connectivity index (χ2v) is 15.1. The second kappa shape index (κ2) is 14.3. The number of hydrogen-bond acceptors (Lipinski definition) is 11. The lowest BCUT2D eigenvalue weighted by molar-refractivity contribution is -0.126. The van der Waals surface area contributed by atoms with Crippen molar-refractivity contribution in [2.45, 2.75) is 75.4 Å². The zero-order chi connectivity index (χ0) is 37.5.